The molecule has 1 amide bonds. The molecule has 2 saturated carbocycles. The Morgan fingerprint density at radius 3 is 2.52 bits per heavy atom. The standard InChI is InChI=1S/C48H58N8O7S/c1-47(58)17-14-32(15-18-47)30-50-40-13-11-37(27-43(40)56(59)60)64(61,62)52-46(57)39-12-10-34(26-44(39)63-36-25-33-16-21-49-45(33)51-31-36)54-23-19-48(20-24-54)28-35(29-48)55-22-6-9-42(55)38-7-4-5-8-41(38)53(2)3/h4-5,7-8,10-13,16,21,25-27,31-32,35,42,50,58H,6,9,14-15,17-20,22-24,28-30H2,1-3H3,(H,49,51)(H,52,57)/t32?,42-,47?/m0/s1. The van der Waals surface area contributed by atoms with Gasteiger partial charge in [-0.2, -0.15) is 0 Å². The van der Waals surface area contributed by atoms with Crippen molar-refractivity contribution in [3.05, 3.63) is 106 Å². The van der Waals surface area contributed by atoms with E-state index in [-0.39, 0.29) is 22.9 Å². The van der Waals surface area contributed by atoms with Gasteiger partial charge in [0.1, 0.15) is 22.8 Å². The number of ether oxygens (including phenoxy) is 1. The molecule has 2 saturated heterocycles. The van der Waals surface area contributed by atoms with Crippen LogP contribution in [0.15, 0.2) is 90.1 Å². The fraction of sp³-hybridized carbons (Fsp3) is 0.458. The number of aromatic amines is 1. The maximum atomic E-state index is 14.0. The summed E-state index contributed by atoms with van der Waals surface area (Å²) in [7, 11) is -0.323. The normalized spacial score (nSPS) is 22.6. The zero-order chi connectivity index (χ0) is 44.8. The summed E-state index contributed by atoms with van der Waals surface area (Å²) in [5.41, 5.74) is 3.56. The van der Waals surface area contributed by atoms with Gasteiger partial charge < -0.3 is 29.9 Å². The molecule has 0 radical (unpaired) electrons. The number of hydrogen-bond acceptors (Lipinski definition) is 12. The second-order valence-corrected chi connectivity index (χ2v) is 20.6. The predicted octanol–water partition coefficient (Wildman–Crippen LogP) is 8.39. The van der Waals surface area contributed by atoms with E-state index in [1.165, 1.54) is 55.3 Å². The summed E-state index contributed by atoms with van der Waals surface area (Å²) >= 11 is 0. The van der Waals surface area contributed by atoms with Gasteiger partial charge in [0.15, 0.2) is 0 Å². The first-order chi connectivity index (χ1) is 30.7. The van der Waals surface area contributed by atoms with Gasteiger partial charge in [0.2, 0.25) is 0 Å². The molecule has 2 aliphatic heterocycles. The first kappa shape index (κ1) is 43.5. The number of pyridine rings is 1. The number of H-pyrrole nitrogens is 1. The minimum absolute atomic E-state index is 0.0212. The zero-order valence-corrected chi connectivity index (χ0v) is 37.6. The van der Waals surface area contributed by atoms with E-state index in [2.05, 4.69) is 73.1 Å². The molecule has 2 aliphatic carbocycles. The maximum Gasteiger partial charge on any atom is 0.293 e. The van der Waals surface area contributed by atoms with Crippen molar-refractivity contribution >= 4 is 49.7 Å². The van der Waals surface area contributed by atoms with Crippen LogP contribution in [0.25, 0.3) is 11.0 Å². The van der Waals surface area contributed by atoms with Gasteiger partial charge in [-0.05, 0) is 137 Å². The Hall–Kier alpha value is -5.71. The van der Waals surface area contributed by atoms with Crippen molar-refractivity contribution in [3.8, 4) is 11.5 Å². The number of carbonyl (C=O) groups excluding carboxylic acids is 1. The van der Waals surface area contributed by atoms with Crippen molar-refractivity contribution < 1.29 is 28.0 Å². The van der Waals surface area contributed by atoms with Gasteiger partial charge in [0.05, 0.1) is 27.2 Å². The molecular weight excluding hydrogens is 833 g/mol. The minimum Gasteiger partial charge on any atom is -0.455 e. The fourth-order valence-electron chi connectivity index (χ4n) is 10.6. The number of para-hydroxylation sites is 1. The van der Waals surface area contributed by atoms with Crippen LogP contribution in [0.1, 0.15) is 93.1 Å². The maximum absolute atomic E-state index is 14.0. The summed E-state index contributed by atoms with van der Waals surface area (Å²) in [6.45, 7) is 5.06. The van der Waals surface area contributed by atoms with E-state index >= 15 is 0 Å². The number of amides is 1. The fourth-order valence-corrected chi connectivity index (χ4v) is 11.6. The number of fused-ring (bicyclic) bond motifs is 1. The number of rotatable bonds is 13. The Kier molecular flexibility index (Phi) is 11.8. The quantitative estimate of drug-likeness (QED) is 0.0655. The molecule has 4 heterocycles. The van der Waals surface area contributed by atoms with Gasteiger partial charge in [0, 0.05) is 80.9 Å². The summed E-state index contributed by atoms with van der Waals surface area (Å²) < 4.78 is 36.0. The lowest BCUT2D eigenvalue weighted by Crippen LogP contribution is -2.54. The zero-order valence-electron chi connectivity index (χ0n) is 36.8. The Balaban J connectivity index is 0.895. The van der Waals surface area contributed by atoms with E-state index in [1.807, 2.05) is 19.1 Å². The van der Waals surface area contributed by atoms with Crippen LogP contribution in [0.3, 0.4) is 0 Å². The Labute approximate surface area is 374 Å². The van der Waals surface area contributed by atoms with Gasteiger partial charge in [-0.25, -0.2) is 18.1 Å². The van der Waals surface area contributed by atoms with Crippen molar-refractivity contribution in [2.45, 2.75) is 93.7 Å². The average molecular weight is 891 g/mol. The van der Waals surface area contributed by atoms with Crippen molar-refractivity contribution in [1.82, 2.24) is 19.6 Å². The molecule has 4 N–H and O–H groups in total. The van der Waals surface area contributed by atoms with Gasteiger partial charge in [-0.3, -0.25) is 19.8 Å². The number of nitro groups is 1. The highest BCUT2D eigenvalue weighted by molar-refractivity contribution is 7.90. The Morgan fingerprint density at radius 1 is 1.00 bits per heavy atom. The molecule has 16 heteroatoms. The van der Waals surface area contributed by atoms with E-state index in [1.54, 1.807) is 24.4 Å². The highest BCUT2D eigenvalue weighted by Gasteiger charge is 2.50. The molecule has 4 fully saturated rings. The minimum atomic E-state index is -4.56. The number of nitrogens with zero attached hydrogens (tertiary/aromatic N) is 5. The number of sulfonamides is 1. The van der Waals surface area contributed by atoms with Crippen LogP contribution in [-0.4, -0.2) is 91.1 Å². The van der Waals surface area contributed by atoms with Crippen LogP contribution >= 0.6 is 0 Å². The Bertz CT molecular complexity index is 2640. The third-order valence-corrected chi connectivity index (χ3v) is 15.7. The summed E-state index contributed by atoms with van der Waals surface area (Å²) in [6.07, 6.45) is 13.0. The number of benzene rings is 3. The van der Waals surface area contributed by atoms with Crippen molar-refractivity contribution in [2.75, 3.05) is 55.4 Å². The van der Waals surface area contributed by atoms with Crippen LogP contribution in [0.2, 0.25) is 0 Å². The second kappa shape index (κ2) is 17.3. The molecule has 0 unspecified atom stereocenters. The van der Waals surface area contributed by atoms with Crippen LogP contribution in [0.5, 0.6) is 11.5 Å². The molecule has 2 aromatic heterocycles. The number of nitro benzene ring substituents is 1. The first-order valence-electron chi connectivity index (χ1n) is 22.5. The SMILES string of the molecule is CN(C)c1ccccc1[C@@H]1CCCN1C1CC2(CCN(c3ccc(C(=O)NS(=O)(=O)c4ccc(NCC5CCC(C)(O)CC5)c([N+](=O)[O-])c4)c(Oc4cnc5[nH]ccc5c4)c3)CC2)C1. The van der Waals surface area contributed by atoms with Gasteiger partial charge >= 0.3 is 0 Å². The van der Waals surface area contributed by atoms with Crippen molar-refractivity contribution in [3.63, 3.8) is 0 Å². The van der Waals surface area contributed by atoms with Gasteiger partial charge in [-0.1, -0.05) is 18.2 Å². The van der Waals surface area contributed by atoms with E-state index in [0.717, 1.165) is 62.5 Å². The number of anilines is 3. The monoisotopic (exact) mass is 890 g/mol. The number of likely N-dealkylation sites (tertiary alicyclic amines) is 1. The molecule has 4 aliphatic rings. The van der Waals surface area contributed by atoms with E-state index < -0.39 is 37.0 Å². The van der Waals surface area contributed by atoms with Crippen LogP contribution in [-0.2, 0) is 10.0 Å². The number of aromatic nitrogens is 2. The smallest absolute Gasteiger partial charge is 0.293 e. The number of piperidine rings is 1. The highest BCUT2D eigenvalue weighted by atomic mass is 32.2. The van der Waals surface area contributed by atoms with Crippen molar-refractivity contribution in [1.29, 1.82) is 0 Å². The summed E-state index contributed by atoms with van der Waals surface area (Å²) in [5, 5.41) is 26.4. The number of carbonyl (C=O) groups is 1. The van der Waals surface area contributed by atoms with Gasteiger partial charge in [0.25, 0.3) is 21.6 Å². The Morgan fingerprint density at radius 2 is 1.77 bits per heavy atom. The predicted molar refractivity (Wildman–Crippen MR) is 248 cm³/mol. The van der Waals surface area contributed by atoms with E-state index in [9.17, 15) is 28.4 Å². The first-order valence-corrected chi connectivity index (χ1v) is 24.0. The molecule has 1 atom stereocenters. The third kappa shape index (κ3) is 9.00. The molecule has 0 bridgehead atoms. The molecule has 64 heavy (non-hydrogen) atoms. The summed E-state index contributed by atoms with van der Waals surface area (Å²) in [5.74, 6) is -0.218. The average Bonchev–Trinajstić information content (AvgIpc) is 3.95. The van der Waals surface area contributed by atoms with Gasteiger partial charge in [-0.15, -0.1) is 0 Å². The lowest BCUT2D eigenvalue weighted by Gasteiger charge is -2.56. The number of nitrogens with one attached hydrogen (secondary N) is 3. The van der Waals surface area contributed by atoms with Crippen LogP contribution in [0.4, 0.5) is 22.7 Å². The molecule has 9 rings (SSSR count). The molecule has 5 aromatic rings. The van der Waals surface area contributed by atoms with Crippen LogP contribution < -0.4 is 24.6 Å². The molecular formula is C48H58N8O7S. The molecule has 1 spiro atoms. The lowest BCUT2D eigenvalue weighted by atomic mass is 9.59. The molecule has 3 aromatic carbocycles. The number of hydrogen-bond donors (Lipinski definition) is 4. The van der Waals surface area contributed by atoms with Crippen molar-refractivity contribution in [2.24, 2.45) is 11.3 Å². The molecule has 338 valence electrons. The van der Waals surface area contributed by atoms with E-state index in [0.29, 0.717) is 48.3 Å². The topological polar surface area (TPSA) is 186 Å². The number of aliphatic hydroxyl groups is 1. The van der Waals surface area contributed by atoms with Crippen LogP contribution in [0, 0.1) is 21.4 Å². The summed E-state index contributed by atoms with van der Waals surface area (Å²) in [6, 6.07) is 22.2. The largest absolute Gasteiger partial charge is 0.455 e. The third-order valence-electron chi connectivity index (χ3n) is 14.3. The van der Waals surface area contributed by atoms with E-state index in [4.69, 9.17) is 4.74 Å². The summed E-state index contributed by atoms with van der Waals surface area (Å²) in [4.78, 5) is 39.8. The molecule has 15 nitrogen and oxygen atoms in total. The highest BCUT2D eigenvalue weighted by Crippen LogP contribution is 2.54. The second-order valence-electron chi connectivity index (χ2n) is 19.0. The lowest BCUT2D eigenvalue weighted by molar-refractivity contribution is -0.384.